The number of fused-ring (bicyclic) bond motifs is 4. The highest BCUT2D eigenvalue weighted by Crippen LogP contribution is 2.25. The molecule has 0 saturated carbocycles. The lowest BCUT2D eigenvalue weighted by Crippen LogP contribution is -2.31. The van der Waals surface area contributed by atoms with Crippen molar-refractivity contribution in [3.63, 3.8) is 0 Å². The molecular weight excluding hydrogens is 436 g/mol. The van der Waals surface area contributed by atoms with E-state index in [0.29, 0.717) is 28.7 Å². The van der Waals surface area contributed by atoms with Crippen LogP contribution in [0.4, 0.5) is 0 Å². The molecule has 35 heavy (non-hydrogen) atoms. The van der Waals surface area contributed by atoms with Gasteiger partial charge in [0.25, 0.3) is 5.65 Å². The molecule has 7 nitrogen and oxygen atoms in total. The minimum Gasteiger partial charge on any atom is -0.250 e. The molecule has 0 aliphatic heterocycles. The number of aryl methyl sites for hydroxylation is 1. The first-order valence-electron chi connectivity index (χ1n) is 12.2. The Morgan fingerprint density at radius 2 is 1.80 bits per heavy atom. The Balaban J connectivity index is 1.56. The van der Waals surface area contributed by atoms with Crippen LogP contribution < -0.4 is 10.5 Å². The molecule has 3 aromatic heterocycles. The van der Waals surface area contributed by atoms with Crippen molar-refractivity contribution in [3.05, 3.63) is 88.0 Å². The van der Waals surface area contributed by atoms with E-state index in [1.54, 1.807) is 10.9 Å². The van der Waals surface area contributed by atoms with E-state index in [0.717, 1.165) is 41.7 Å². The molecule has 0 radical (unpaired) electrons. The van der Waals surface area contributed by atoms with E-state index in [1.165, 1.54) is 18.4 Å². The van der Waals surface area contributed by atoms with Crippen molar-refractivity contribution in [1.82, 2.24) is 19.2 Å². The van der Waals surface area contributed by atoms with Crippen LogP contribution in [0.3, 0.4) is 0 Å². The summed E-state index contributed by atoms with van der Waals surface area (Å²) in [6.45, 7) is 2.58. The van der Waals surface area contributed by atoms with E-state index < -0.39 is 0 Å². The molecule has 0 bridgehead atoms. The minimum absolute atomic E-state index is 0.0594. The fourth-order valence-electron chi connectivity index (χ4n) is 4.91. The summed E-state index contributed by atoms with van der Waals surface area (Å²) in [6.07, 6.45) is 9.78. The minimum atomic E-state index is -0.0594. The molecule has 174 valence electrons. The number of aromatic nitrogens is 5. The van der Waals surface area contributed by atoms with Crippen molar-refractivity contribution in [2.24, 2.45) is 5.10 Å². The maximum Gasteiger partial charge on any atom is 0.323 e. The smallest absolute Gasteiger partial charge is 0.250 e. The molecule has 5 aromatic rings. The second-order valence-corrected chi connectivity index (χ2v) is 9.10. The van der Waals surface area contributed by atoms with E-state index >= 15 is 0 Å². The Bertz CT molecular complexity index is 1680. The first kappa shape index (κ1) is 21.4. The van der Waals surface area contributed by atoms with Gasteiger partial charge in [0.15, 0.2) is 5.39 Å². The average molecular weight is 464 g/mol. The van der Waals surface area contributed by atoms with Crippen molar-refractivity contribution < 1.29 is 4.98 Å². The normalized spacial score (nSPS) is 14.4. The molecule has 6 rings (SSSR count). The Labute approximate surface area is 202 Å². The highest BCUT2D eigenvalue weighted by Gasteiger charge is 2.26. The van der Waals surface area contributed by atoms with Gasteiger partial charge in [-0.2, -0.15) is 0 Å². The van der Waals surface area contributed by atoms with E-state index in [9.17, 15) is 4.79 Å². The highest BCUT2D eigenvalue weighted by molar-refractivity contribution is 6.03. The van der Waals surface area contributed by atoms with Crippen LogP contribution in [0, 0.1) is 6.92 Å². The van der Waals surface area contributed by atoms with E-state index in [4.69, 9.17) is 15.1 Å². The monoisotopic (exact) mass is 463 g/mol. The van der Waals surface area contributed by atoms with Crippen LogP contribution in [0.2, 0.25) is 0 Å². The molecule has 1 aliphatic rings. The lowest BCUT2D eigenvalue weighted by Gasteiger charge is -2.12. The largest absolute Gasteiger partial charge is 0.323 e. The quantitative estimate of drug-likeness (QED) is 0.278. The van der Waals surface area contributed by atoms with E-state index in [1.807, 2.05) is 66.1 Å². The van der Waals surface area contributed by atoms with Crippen molar-refractivity contribution in [2.45, 2.75) is 45.6 Å². The molecule has 0 saturated heterocycles. The van der Waals surface area contributed by atoms with E-state index in [2.05, 4.69) is 11.1 Å². The fraction of sp³-hybridized carbons (Fsp3) is 0.250. The van der Waals surface area contributed by atoms with Gasteiger partial charge in [0.1, 0.15) is 5.52 Å². The highest BCUT2D eigenvalue weighted by atomic mass is 16.1. The van der Waals surface area contributed by atoms with Crippen LogP contribution in [0.15, 0.2) is 76.1 Å². The van der Waals surface area contributed by atoms with Crippen LogP contribution in [-0.4, -0.2) is 25.4 Å². The summed E-state index contributed by atoms with van der Waals surface area (Å²) < 4.78 is 3.54. The number of nitrogens with one attached hydrogen (secondary N) is 1. The molecule has 0 fully saturated rings. The molecule has 0 unspecified atom stereocenters. The number of rotatable bonds is 5. The number of nitrogens with zero attached hydrogens (tertiary/aromatic N) is 5. The Morgan fingerprint density at radius 3 is 2.57 bits per heavy atom. The number of hydrogen-bond donors (Lipinski definition) is 0. The second-order valence-electron chi connectivity index (χ2n) is 9.10. The number of para-hydroxylation sites is 2. The molecule has 2 aromatic carbocycles. The summed E-state index contributed by atoms with van der Waals surface area (Å²) >= 11 is 0. The zero-order valence-corrected chi connectivity index (χ0v) is 19.7. The van der Waals surface area contributed by atoms with Gasteiger partial charge in [-0.3, -0.25) is 0 Å². The predicted molar refractivity (Wildman–Crippen MR) is 139 cm³/mol. The van der Waals surface area contributed by atoms with Crippen LogP contribution in [-0.2, 0) is 6.54 Å². The molecular formula is C28H27N6O+. The molecule has 1 N–H and O–H groups in total. The number of allylic oxidation sites excluding steroid dienone is 2. The summed E-state index contributed by atoms with van der Waals surface area (Å²) in [5, 5.41) is 5.25. The molecule has 1 aliphatic carbocycles. The zero-order chi connectivity index (χ0) is 23.8. The maximum atomic E-state index is 13.9. The summed E-state index contributed by atoms with van der Waals surface area (Å²) in [7, 11) is 0. The van der Waals surface area contributed by atoms with Gasteiger partial charge < -0.3 is 0 Å². The van der Waals surface area contributed by atoms with Gasteiger partial charge in [0, 0.05) is 6.92 Å². The number of aromatic amines is 1. The topological polar surface area (TPSA) is 79.2 Å². The third kappa shape index (κ3) is 3.93. The SMILES string of the molecule is Cc1[nH+]c2c(c(=O)n1CCC1=CCCCC1)c1nc3ccccc3nc1n2/N=C/c1ccccc1. The van der Waals surface area contributed by atoms with Crippen LogP contribution >= 0.6 is 0 Å². The van der Waals surface area contributed by atoms with Crippen LogP contribution in [0.5, 0.6) is 0 Å². The number of hydrogen-bond acceptors (Lipinski definition) is 4. The summed E-state index contributed by atoms with van der Waals surface area (Å²) in [4.78, 5) is 27.0. The average Bonchev–Trinajstić information content (AvgIpc) is 3.19. The molecule has 0 spiro atoms. The van der Waals surface area contributed by atoms with Crippen molar-refractivity contribution in [1.29, 1.82) is 0 Å². The van der Waals surface area contributed by atoms with Gasteiger partial charge in [-0.1, -0.05) is 54.1 Å². The Morgan fingerprint density at radius 1 is 1.03 bits per heavy atom. The Kier molecular flexibility index (Phi) is 5.45. The van der Waals surface area contributed by atoms with Gasteiger partial charge in [0.05, 0.1) is 23.8 Å². The molecule has 0 atom stereocenters. The van der Waals surface area contributed by atoms with E-state index in [-0.39, 0.29) is 5.56 Å². The third-order valence-corrected chi connectivity index (χ3v) is 6.76. The molecule has 0 amide bonds. The zero-order valence-electron chi connectivity index (χ0n) is 19.7. The van der Waals surface area contributed by atoms with Crippen molar-refractivity contribution in [3.8, 4) is 0 Å². The van der Waals surface area contributed by atoms with Gasteiger partial charge >= 0.3 is 5.56 Å². The summed E-state index contributed by atoms with van der Waals surface area (Å²) in [6, 6.07) is 17.6. The summed E-state index contributed by atoms with van der Waals surface area (Å²) in [5.74, 6) is 0.794. The van der Waals surface area contributed by atoms with Crippen LogP contribution in [0.1, 0.15) is 43.5 Å². The van der Waals surface area contributed by atoms with Crippen molar-refractivity contribution in [2.75, 3.05) is 0 Å². The van der Waals surface area contributed by atoms with Crippen molar-refractivity contribution >= 4 is 39.4 Å². The summed E-state index contributed by atoms with van der Waals surface area (Å²) in [5.41, 5.74) is 5.60. The van der Waals surface area contributed by atoms with Crippen LogP contribution in [0.25, 0.3) is 33.2 Å². The van der Waals surface area contributed by atoms with Gasteiger partial charge in [-0.05, 0) is 49.8 Å². The molecule has 7 heteroatoms. The first-order valence-corrected chi connectivity index (χ1v) is 12.2. The van der Waals surface area contributed by atoms with Gasteiger partial charge in [0.2, 0.25) is 11.5 Å². The molecule has 3 heterocycles. The lowest BCUT2D eigenvalue weighted by atomic mass is 9.97. The lowest BCUT2D eigenvalue weighted by molar-refractivity contribution is -0.368. The maximum absolute atomic E-state index is 13.9. The van der Waals surface area contributed by atoms with Gasteiger partial charge in [-0.25, -0.2) is 24.3 Å². The first-order chi connectivity index (χ1) is 17.2. The van der Waals surface area contributed by atoms with Gasteiger partial charge in [-0.15, -0.1) is 9.78 Å². The Hall–Kier alpha value is -4.13. The number of benzene rings is 2. The predicted octanol–water partition coefficient (Wildman–Crippen LogP) is 4.79. The standard InChI is InChI=1S/C28H26N6O/c1-19-30-26-24(28(35)33(19)17-16-20-10-4-2-5-11-20)25-27(32-23-15-9-8-14-22(23)31-25)34(26)29-18-21-12-6-3-7-13-21/h3,6-10,12-15,18H,2,4-5,11,16-17H2,1H3/p+1/b29-18+. The fourth-order valence-corrected chi connectivity index (χ4v) is 4.91. The second kappa shape index (κ2) is 8.91. The third-order valence-electron chi connectivity index (χ3n) is 6.76. The number of H-pyrrole nitrogens is 1.